The van der Waals surface area contributed by atoms with Gasteiger partial charge in [0.1, 0.15) is 16.5 Å². The first kappa shape index (κ1) is 15.0. The fourth-order valence-electron chi connectivity index (χ4n) is 1.83. The summed E-state index contributed by atoms with van der Waals surface area (Å²) in [5.41, 5.74) is 4.80. The molecule has 0 aliphatic carbocycles. The monoisotopic (exact) mass is 306 g/mol. The first-order chi connectivity index (χ1) is 9.73. The Kier molecular flexibility index (Phi) is 3.69. The van der Waals surface area contributed by atoms with Gasteiger partial charge in [-0.2, -0.15) is 0 Å². The predicted molar refractivity (Wildman–Crippen MR) is 78.1 cm³/mol. The first-order valence-electron chi connectivity index (χ1n) is 6.06. The Morgan fingerprint density at radius 2 is 1.95 bits per heavy atom. The van der Waals surface area contributed by atoms with E-state index in [9.17, 15) is 19.8 Å². The van der Waals surface area contributed by atoms with E-state index in [0.717, 1.165) is 0 Å². The molecule has 0 radical (unpaired) electrons. The third-order valence-electron chi connectivity index (χ3n) is 3.09. The highest BCUT2D eigenvalue weighted by Crippen LogP contribution is 2.35. The summed E-state index contributed by atoms with van der Waals surface area (Å²) in [5.74, 6) is -1.91. The van der Waals surface area contributed by atoms with Gasteiger partial charge in [-0.15, -0.1) is 11.3 Å². The molecule has 0 unspecified atom stereocenters. The molecule has 0 aliphatic rings. The van der Waals surface area contributed by atoms with Crippen molar-refractivity contribution in [1.29, 1.82) is 0 Å². The molecule has 2 aromatic rings. The van der Waals surface area contributed by atoms with E-state index in [1.165, 1.54) is 29.5 Å². The van der Waals surface area contributed by atoms with E-state index in [2.05, 4.69) is 4.98 Å². The highest BCUT2D eigenvalue weighted by Gasteiger charge is 2.36. The minimum atomic E-state index is -1.12. The van der Waals surface area contributed by atoms with E-state index in [-0.39, 0.29) is 11.5 Å². The standard InChI is InChI=1S/C14H14N2O4S/c1-14(2,11(19)12(15)20)13-16-9(6-21-13)8-4-3-7(17)5-10(8)18/h3-6,17-18H,1-2H3,(H2,15,20). The summed E-state index contributed by atoms with van der Waals surface area (Å²) in [7, 11) is 0. The lowest BCUT2D eigenvalue weighted by Gasteiger charge is -2.17. The minimum absolute atomic E-state index is 0.0593. The van der Waals surface area contributed by atoms with Crippen molar-refractivity contribution in [2.24, 2.45) is 5.73 Å². The third-order valence-corrected chi connectivity index (χ3v) is 4.25. The molecule has 1 aromatic carbocycles. The lowest BCUT2D eigenvalue weighted by Crippen LogP contribution is -2.39. The average molecular weight is 306 g/mol. The number of thiazole rings is 1. The van der Waals surface area contributed by atoms with Crippen molar-refractivity contribution in [2.75, 3.05) is 0 Å². The molecular formula is C14H14N2O4S. The third kappa shape index (κ3) is 2.73. The molecule has 1 amide bonds. The number of carbonyl (C=O) groups excluding carboxylic acids is 2. The normalized spacial score (nSPS) is 11.3. The van der Waals surface area contributed by atoms with Crippen molar-refractivity contribution in [2.45, 2.75) is 19.3 Å². The maximum absolute atomic E-state index is 11.8. The molecule has 0 fully saturated rings. The molecular weight excluding hydrogens is 292 g/mol. The number of aromatic hydroxyl groups is 2. The van der Waals surface area contributed by atoms with Crippen LogP contribution in [0.2, 0.25) is 0 Å². The van der Waals surface area contributed by atoms with Crippen molar-refractivity contribution in [1.82, 2.24) is 4.98 Å². The number of amides is 1. The number of nitrogens with two attached hydrogens (primary N) is 1. The van der Waals surface area contributed by atoms with Gasteiger partial charge in [0.25, 0.3) is 5.91 Å². The Bertz CT molecular complexity index is 722. The summed E-state index contributed by atoms with van der Waals surface area (Å²) >= 11 is 1.20. The van der Waals surface area contributed by atoms with Gasteiger partial charge in [-0.25, -0.2) is 4.98 Å². The Morgan fingerprint density at radius 3 is 2.52 bits per heavy atom. The number of hydrogen-bond acceptors (Lipinski definition) is 6. The fraction of sp³-hybridized carbons (Fsp3) is 0.214. The van der Waals surface area contributed by atoms with Crippen LogP contribution in [0.25, 0.3) is 11.3 Å². The molecule has 1 aromatic heterocycles. The van der Waals surface area contributed by atoms with Crippen LogP contribution in [0.1, 0.15) is 18.9 Å². The van der Waals surface area contributed by atoms with E-state index in [4.69, 9.17) is 5.73 Å². The largest absolute Gasteiger partial charge is 0.508 e. The van der Waals surface area contributed by atoms with Gasteiger partial charge in [-0.1, -0.05) is 0 Å². The highest BCUT2D eigenvalue weighted by molar-refractivity contribution is 7.10. The van der Waals surface area contributed by atoms with E-state index >= 15 is 0 Å². The van der Waals surface area contributed by atoms with Gasteiger partial charge in [0.2, 0.25) is 5.78 Å². The number of phenols is 2. The van der Waals surface area contributed by atoms with Gasteiger partial charge >= 0.3 is 0 Å². The van der Waals surface area contributed by atoms with E-state index in [0.29, 0.717) is 16.3 Å². The first-order valence-corrected chi connectivity index (χ1v) is 6.94. The van der Waals surface area contributed by atoms with Crippen molar-refractivity contribution in [3.05, 3.63) is 28.6 Å². The van der Waals surface area contributed by atoms with E-state index in [1.54, 1.807) is 19.2 Å². The molecule has 0 atom stereocenters. The average Bonchev–Trinajstić information content (AvgIpc) is 2.87. The SMILES string of the molecule is CC(C)(C(=O)C(N)=O)c1nc(-c2ccc(O)cc2O)cs1. The smallest absolute Gasteiger partial charge is 0.285 e. The Morgan fingerprint density at radius 1 is 1.29 bits per heavy atom. The number of benzene rings is 1. The van der Waals surface area contributed by atoms with Crippen molar-refractivity contribution in [3.8, 4) is 22.8 Å². The molecule has 0 bridgehead atoms. The molecule has 0 saturated carbocycles. The summed E-state index contributed by atoms with van der Waals surface area (Å²) < 4.78 is 0. The van der Waals surface area contributed by atoms with Gasteiger partial charge < -0.3 is 15.9 Å². The zero-order valence-corrected chi connectivity index (χ0v) is 12.3. The van der Waals surface area contributed by atoms with Crippen molar-refractivity contribution >= 4 is 23.0 Å². The Balaban J connectivity index is 2.42. The number of carbonyl (C=O) groups is 2. The van der Waals surface area contributed by atoms with Gasteiger partial charge in [0, 0.05) is 17.0 Å². The fourth-order valence-corrected chi connectivity index (χ4v) is 2.77. The number of rotatable bonds is 4. The molecule has 7 heteroatoms. The van der Waals surface area contributed by atoms with Crippen LogP contribution in [0.3, 0.4) is 0 Å². The predicted octanol–water partition coefficient (Wildman–Crippen LogP) is 1.55. The zero-order valence-electron chi connectivity index (χ0n) is 11.5. The summed E-state index contributed by atoms with van der Waals surface area (Å²) in [5, 5.41) is 21.2. The van der Waals surface area contributed by atoms with E-state index in [1.807, 2.05) is 0 Å². The maximum atomic E-state index is 11.8. The molecule has 21 heavy (non-hydrogen) atoms. The second-order valence-corrected chi connectivity index (χ2v) is 5.92. The molecule has 110 valence electrons. The molecule has 0 saturated heterocycles. The van der Waals surface area contributed by atoms with Crippen LogP contribution in [0.15, 0.2) is 23.6 Å². The van der Waals surface area contributed by atoms with Gasteiger partial charge in [0.15, 0.2) is 0 Å². The van der Waals surface area contributed by atoms with Crippen LogP contribution in [0.4, 0.5) is 0 Å². The number of primary amides is 1. The zero-order chi connectivity index (χ0) is 15.8. The van der Waals surface area contributed by atoms with Crippen LogP contribution in [-0.2, 0) is 15.0 Å². The lowest BCUT2D eigenvalue weighted by molar-refractivity contribution is -0.138. The summed E-state index contributed by atoms with van der Waals surface area (Å²) in [6.45, 7) is 3.14. The van der Waals surface area contributed by atoms with Gasteiger partial charge in [-0.3, -0.25) is 9.59 Å². The Hall–Kier alpha value is -2.41. The second-order valence-electron chi connectivity index (χ2n) is 5.06. The number of phenolic OH excluding ortho intramolecular Hbond substituents is 2. The lowest BCUT2D eigenvalue weighted by atomic mass is 9.88. The molecule has 4 N–H and O–H groups in total. The maximum Gasteiger partial charge on any atom is 0.285 e. The highest BCUT2D eigenvalue weighted by atomic mass is 32.1. The van der Waals surface area contributed by atoms with Crippen molar-refractivity contribution in [3.63, 3.8) is 0 Å². The van der Waals surface area contributed by atoms with Crippen LogP contribution in [0.5, 0.6) is 11.5 Å². The second kappa shape index (κ2) is 5.17. The number of Topliss-reactive ketones (excluding diaryl/α,β-unsaturated/α-hetero) is 1. The summed E-state index contributed by atoms with van der Waals surface area (Å²) in [4.78, 5) is 27.2. The van der Waals surface area contributed by atoms with Crippen LogP contribution in [-0.4, -0.2) is 26.9 Å². The molecule has 2 rings (SSSR count). The topological polar surface area (TPSA) is 114 Å². The number of aromatic nitrogens is 1. The number of nitrogens with zero attached hydrogens (tertiary/aromatic N) is 1. The van der Waals surface area contributed by atoms with Crippen LogP contribution in [0, 0.1) is 0 Å². The van der Waals surface area contributed by atoms with Crippen LogP contribution >= 0.6 is 11.3 Å². The quantitative estimate of drug-likeness (QED) is 0.742. The molecule has 0 aliphatic heterocycles. The van der Waals surface area contributed by atoms with Crippen LogP contribution < -0.4 is 5.73 Å². The molecule has 1 heterocycles. The number of ketones is 1. The Labute approximate surface area is 124 Å². The molecule has 0 spiro atoms. The number of hydrogen-bond donors (Lipinski definition) is 3. The van der Waals surface area contributed by atoms with Gasteiger partial charge in [-0.05, 0) is 26.0 Å². The summed E-state index contributed by atoms with van der Waals surface area (Å²) in [6, 6.07) is 4.15. The van der Waals surface area contributed by atoms with Gasteiger partial charge in [0.05, 0.1) is 11.1 Å². The van der Waals surface area contributed by atoms with Crippen molar-refractivity contribution < 1.29 is 19.8 Å². The molecule has 6 nitrogen and oxygen atoms in total. The summed E-state index contributed by atoms with van der Waals surface area (Å²) in [6.07, 6.45) is 0. The minimum Gasteiger partial charge on any atom is -0.508 e. The van der Waals surface area contributed by atoms with E-state index < -0.39 is 17.1 Å².